The Balaban J connectivity index is 2.95. The summed E-state index contributed by atoms with van der Waals surface area (Å²) >= 11 is -1.80. The van der Waals surface area contributed by atoms with Crippen LogP contribution in [0.3, 0.4) is 0 Å². The Bertz CT molecular complexity index is 341. The van der Waals surface area contributed by atoms with E-state index in [1.54, 1.807) is 32.4 Å². The average Bonchev–Trinajstić information content (AvgIpc) is 2.16. The first-order valence-electron chi connectivity index (χ1n) is 4.09. The second kappa shape index (κ2) is 4.97. The molecule has 0 saturated carbocycles. The molecule has 78 valence electrons. The maximum absolute atomic E-state index is 10.6. The topological polar surface area (TPSA) is 58.6 Å². The first-order valence-corrected chi connectivity index (χ1v) is 5.37. The fourth-order valence-corrected chi connectivity index (χ4v) is 1.65. The second-order valence-corrected chi connectivity index (χ2v) is 3.68. The van der Waals surface area contributed by atoms with E-state index in [0.717, 1.165) is 17.0 Å². The summed E-state index contributed by atoms with van der Waals surface area (Å²) in [5, 5.41) is 2.95. The van der Waals surface area contributed by atoms with Gasteiger partial charge in [-0.05, 0) is 17.7 Å². The monoisotopic (exact) mass is 215 g/mol. The molecule has 0 aliphatic heterocycles. The summed E-state index contributed by atoms with van der Waals surface area (Å²) in [6.45, 7) is 0. The van der Waals surface area contributed by atoms with Crippen LogP contribution in [0.1, 0.15) is 5.56 Å². The highest BCUT2D eigenvalue weighted by molar-refractivity contribution is 7.78. The Labute approximate surface area is 85.6 Å². The highest BCUT2D eigenvalue weighted by Gasteiger charge is 2.04. The lowest BCUT2D eigenvalue weighted by Gasteiger charge is -2.09. The Morgan fingerprint density at radius 1 is 1.57 bits per heavy atom. The van der Waals surface area contributed by atoms with Gasteiger partial charge in [0, 0.05) is 7.05 Å². The molecule has 14 heavy (non-hydrogen) atoms. The van der Waals surface area contributed by atoms with Gasteiger partial charge in [-0.15, -0.1) is 0 Å². The van der Waals surface area contributed by atoms with Gasteiger partial charge >= 0.3 is 0 Å². The number of hydrogen-bond acceptors (Lipinski definition) is 3. The largest absolute Gasteiger partial charge is 0.495 e. The lowest BCUT2D eigenvalue weighted by Crippen LogP contribution is -1.97. The van der Waals surface area contributed by atoms with Crippen LogP contribution in [0.25, 0.3) is 0 Å². The fourth-order valence-electron chi connectivity index (χ4n) is 1.18. The molecular weight excluding hydrogens is 202 g/mol. The minimum atomic E-state index is -1.80. The molecule has 0 heterocycles. The van der Waals surface area contributed by atoms with E-state index >= 15 is 0 Å². The zero-order chi connectivity index (χ0) is 10.6. The lowest BCUT2D eigenvalue weighted by atomic mass is 10.2. The van der Waals surface area contributed by atoms with Gasteiger partial charge in [-0.2, -0.15) is 0 Å². The molecule has 0 aliphatic carbocycles. The number of rotatable bonds is 4. The van der Waals surface area contributed by atoms with Crippen LogP contribution in [-0.2, 0) is 16.8 Å². The van der Waals surface area contributed by atoms with E-state index in [2.05, 4.69) is 5.32 Å². The van der Waals surface area contributed by atoms with E-state index in [0.29, 0.717) is 0 Å². The molecule has 0 spiro atoms. The van der Waals surface area contributed by atoms with Gasteiger partial charge in [0.25, 0.3) is 0 Å². The summed E-state index contributed by atoms with van der Waals surface area (Å²) in [6, 6.07) is 5.34. The summed E-state index contributed by atoms with van der Waals surface area (Å²) in [4.78, 5) is 0. The Morgan fingerprint density at radius 3 is 2.79 bits per heavy atom. The molecule has 0 aromatic heterocycles. The molecular formula is C9H13NO3S. The van der Waals surface area contributed by atoms with Crippen LogP contribution in [0.2, 0.25) is 0 Å². The Kier molecular flexibility index (Phi) is 3.91. The van der Waals surface area contributed by atoms with Gasteiger partial charge in [-0.3, -0.25) is 0 Å². The third-order valence-corrected chi connectivity index (χ3v) is 2.40. The molecule has 0 amide bonds. The van der Waals surface area contributed by atoms with Crippen molar-refractivity contribution in [3.05, 3.63) is 23.8 Å². The minimum absolute atomic E-state index is 0.138. The predicted molar refractivity (Wildman–Crippen MR) is 57.0 cm³/mol. The van der Waals surface area contributed by atoms with Crippen LogP contribution in [0.5, 0.6) is 5.75 Å². The van der Waals surface area contributed by atoms with Crippen molar-refractivity contribution in [3.8, 4) is 5.75 Å². The number of benzene rings is 1. The molecule has 0 bridgehead atoms. The maximum atomic E-state index is 10.6. The van der Waals surface area contributed by atoms with Crippen molar-refractivity contribution < 1.29 is 13.5 Å². The third-order valence-electron chi connectivity index (χ3n) is 1.82. The van der Waals surface area contributed by atoms with Crippen LogP contribution in [-0.4, -0.2) is 22.9 Å². The number of methoxy groups -OCH3 is 1. The van der Waals surface area contributed by atoms with Crippen molar-refractivity contribution in [1.29, 1.82) is 0 Å². The van der Waals surface area contributed by atoms with E-state index in [9.17, 15) is 4.21 Å². The molecule has 5 heteroatoms. The van der Waals surface area contributed by atoms with Gasteiger partial charge < -0.3 is 14.6 Å². The van der Waals surface area contributed by atoms with Crippen LogP contribution < -0.4 is 10.1 Å². The van der Waals surface area contributed by atoms with Crippen molar-refractivity contribution in [1.82, 2.24) is 0 Å². The van der Waals surface area contributed by atoms with Crippen LogP contribution in [0.15, 0.2) is 18.2 Å². The van der Waals surface area contributed by atoms with Gasteiger partial charge in [0.15, 0.2) is 11.1 Å². The zero-order valence-electron chi connectivity index (χ0n) is 8.11. The SMILES string of the molecule is CNc1cc(CS(=O)O)ccc1OC. The summed E-state index contributed by atoms with van der Waals surface area (Å²) in [7, 11) is 3.36. The van der Waals surface area contributed by atoms with Gasteiger partial charge in [0.2, 0.25) is 0 Å². The van der Waals surface area contributed by atoms with E-state index in [1.165, 1.54) is 0 Å². The third kappa shape index (κ3) is 2.71. The highest BCUT2D eigenvalue weighted by atomic mass is 32.2. The predicted octanol–water partition coefficient (Wildman–Crippen LogP) is 1.46. The lowest BCUT2D eigenvalue weighted by molar-refractivity contribution is 0.416. The van der Waals surface area contributed by atoms with Crippen molar-refractivity contribution in [2.24, 2.45) is 0 Å². The summed E-state index contributed by atoms with van der Waals surface area (Å²) in [6.07, 6.45) is 0. The normalized spacial score (nSPS) is 12.2. The molecule has 1 atom stereocenters. The number of hydrogen-bond donors (Lipinski definition) is 2. The Morgan fingerprint density at radius 2 is 2.29 bits per heavy atom. The molecule has 1 unspecified atom stereocenters. The minimum Gasteiger partial charge on any atom is -0.495 e. The van der Waals surface area contributed by atoms with Crippen LogP contribution in [0, 0.1) is 0 Å². The van der Waals surface area contributed by atoms with Crippen molar-refractivity contribution in [2.45, 2.75) is 5.75 Å². The van der Waals surface area contributed by atoms with E-state index in [-0.39, 0.29) is 5.75 Å². The van der Waals surface area contributed by atoms with Crippen LogP contribution in [0.4, 0.5) is 5.69 Å². The molecule has 2 N–H and O–H groups in total. The zero-order valence-corrected chi connectivity index (χ0v) is 8.93. The quantitative estimate of drug-likeness (QED) is 0.746. The molecule has 1 aromatic carbocycles. The molecule has 4 nitrogen and oxygen atoms in total. The van der Waals surface area contributed by atoms with Gasteiger partial charge in [0.1, 0.15) is 5.75 Å². The standard InChI is InChI=1S/C9H13NO3S/c1-10-8-5-7(6-14(11)12)3-4-9(8)13-2/h3-5,10H,6H2,1-2H3,(H,11,12). The molecule has 1 aromatic rings. The van der Waals surface area contributed by atoms with E-state index in [4.69, 9.17) is 9.29 Å². The molecule has 0 saturated heterocycles. The molecule has 0 radical (unpaired) electrons. The van der Waals surface area contributed by atoms with Gasteiger partial charge in [0.05, 0.1) is 18.6 Å². The first kappa shape index (κ1) is 11.0. The fraction of sp³-hybridized carbons (Fsp3) is 0.333. The summed E-state index contributed by atoms with van der Waals surface area (Å²) in [5.41, 5.74) is 1.62. The second-order valence-electron chi connectivity index (χ2n) is 2.75. The van der Waals surface area contributed by atoms with Crippen LogP contribution >= 0.6 is 0 Å². The molecule has 0 fully saturated rings. The Hall–Kier alpha value is -1.07. The smallest absolute Gasteiger partial charge is 0.157 e. The van der Waals surface area contributed by atoms with E-state index < -0.39 is 11.1 Å². The molecule has 1 rings (SSSR count). The van der Waals surface area contributed by atoms with Gasteiger partial charge in [-0.1, -0.05) is 6.07 Å². The van der Waals surface area contributed by atoms with Crippen molar-refractivity contribution >= 4 is 16.8 Å². The summed E-state index contributed by atoms with van der Waals surface area (Å²) in [5.74, 6) is 0.860. The highest BCUT2D eigenvalue weighted by Crippen LogP contribution is 2.25. The maximum Gasteiger partial charge on any atom is 0.157 e. The van der Waals surface area contributed by atoms with Crippen molar-refractivity contribution in [3.63, 3.8) is 0 Å². The first-order chi connectivity index (χ1) is 6.67. The number of nitrogens with one attached hydrogen (secondary N) is 1. The number of ether oxygens (including phenoxy) is 1. The van der Waals surface area contributed by atoms with Gasteiger partial charge in [-0.25, -0.2) is 4.21 Å². The summed E-state index contributed by atoms with van der Waals surface area (Å²) < 4.78 is 24.4. The average molecular weight is 215 g/mol. The molecule has 0 aliphatic rings. The number of anilines is 1. The van der Waals surface area contributed by atoms with Crippen molar-refractivity contribution in [2.75, 3.05) is 19.5 Å². The van der Waals surface area contributed by atoms with E-state index in [1.807, 2.05) is 0 Å².